The van der Waals surface area contributed by atoms with E-state index >= 15 is 0 Å². The highest BCUT2D eigenvalue weighted by atomic mass is 16.3. The molecular weight excluding hydrogens is 452 g/mol. The predicted octanol–water partition coefficient (Wildman–Crippen LogP) is 10.9. The molecule has 37 heavy (non-hydrogen) atoms. The van der Waals surface area contributed by atoms with Crippen molar-refractivity contribution < 1.29 is 10.2 Å². The first-order chi connectivity index (χ1) is 18.3. The van der Waals surface area contributed by atoms with Gasteiger partial charge in [0.25, 0.3) is 0 Å². The molecule has 2 nitrogen and oxygen atoms in total. The number of allylic oxidation sites excluding steroid dienone is 6. The zero-order valence-electron chi connectivity index (χ0n) is 24.8. The van der Waals surface area contributed by atoms with E-state index < -0.39 is 6.10 Å². The van der Waals surface area contributed by atoms with Gasteiger partial charge in [0.15, 0.2) is 0 Å². The summed E-state index contributed by atoms with van der Waals surface area (Å²) in [5.41, 5.74) is 0. The minimum absolute atomic E-state index is 0.284. The fraction of sp³-hybridized carbons (Fsp3) is 0.771. The van der Waals surface area contributed by atoms with Gasteiger partial charge in [-0.1, -0.05) is 145 Å². The third-order valence-electron chi connectivity index (χ3n) is 7.02. The normalized spacial score (nSPS) is 13.3. The average molecular weight is 517 g/mol. The Bertz CT molecular complexity index is 531. The third-order valence-corrected chi connectivity index (χ3v) is 7.02. The van der Waals surface area contributed by atoms with Crippen LogP contribution in [-0.4, -0.2) is 22.9 Å². The van der Waals surface area contributed by atoms with Gasteiger partial charge >= 0.3 is 0 Å². The smallest absolute Gasteiger partial charge is 0.0902 e. The molecule has 0 heterocycles. The number of unbranched alkanes of at least 4 members (excludes halogenated alkanes) is 20. The Hall–Kier alpha value is -1.12. The molecule has 0 aromatic rings. The SMILES string of the molecule is CCCCCC=CCC=CCCCCCCCCCCCCCCCC=CC(O)C=CCCCCCO. The molecule has 0 bridgehead atoms. The third kappa shape index (κ3) is 32.9. The summed E-state index contributed by atoms with van der Waals surface area (Å²) in [4.78, 5) is 0. The van der Waals surface area contributed by atoms with Crippen LogP contribution in [0.2, 0.25) is 0 Å². The van der Waals surface area contributed by atoms with Gasteiger partial charge in [-0.25, -0.2) is 0 Å². The summed E-state index contributed by atoms with van der Waals surface area (Å²) >= 11 is 0. The van der Waals surface area contributed by atoms with Gasteiger partial charge in [-0.15, -0.1) is 0 Å². The van der Waals surface area contributed by atoms with Crippen molar-refractivity contribution >= 4 is 0 Å². The lowest BCUT2D eigenvalue weighted by Crippen LogP contribution is -1.95. The summed E-state index contributed by atoms with van der Waals surface area (Å²) in [5, 5.41) is 18.7. The van der Waals surface area contributed by atoms with E-state index in [1.807, 2.05) is 12.2 Å². The van der Waals surface area contributed by atoms with E-state index in [0.717, 1.165) is 38.5 Å². The minimum Gasteiger partial charge on any atom is -0.396 e. The van der Waals surface area contributed by atoms with Gasteiger partial charge in [0.05, 0.1) is 6.10 Å². The van der Waals surface area contributed by atoms with Crippen LogP contribution in [0.1, 0.15) is 161 Å². The van der Waals surface area contributed by atoms with Crippen LogP contribution in [0.25, 0.3) is 0 Å². The molecule has 0 aliphatic rings. The molecule has 0 spiro atoms. The summed E-state index contributed by atoms with van der Waals surface area (Å²) in [6.07, 6.45) is 47.6. The Kier molecular flexibility index (Phi) is 31.9. The van der Waals surface area contributed by atoms with E-state index in [1.165, 1.54) is 116 Å². The lowest BCUT2D eigenvalue weighted by molar-refractivity contribution is 0.270. The summed E-state index contributed by atoms with van der Waals surface area (Å²) < 4.78 is 0. The molecule has 0 aliphatic carbocycles. The monoisotopic (exact) mass is 516 g/mol. The van der Waals surface area contributed by atoms with Gasteiger partial charge in [-0.3, -0.25) is 0 Å². The fourth-order valence-corrected chi connectivity index (χ4v) is 4.57. The summed E-state index contributed by atoms with van der Waals surface area (Å²) in [6, 6.07) is 0. The molecule has 0 aromatic carbocycles. The Morgan fingerprint density at radius 3 is 1.19 bits per heavy atom. The van der Waals surface area contributed by atoms with Crippen molar-refractivity contribution in [1.29, 1.82) is 0 Å². The van der Waals surface area contributed by atoms with Gasteiger partial charge in [-0.05, 0) is 64.2 Å². The van der Waals surface area contributed by atoms with E-state index in [1.54, 1.807) is 0 Å². The van der Waals surface area contributed by atoms with Crippen LogP contribution in [0.3, 0.4) is 0 Å². The molecule has 0 fully saturated rings. The predicted molar refractivity (Wildman–Crippen MR) is 166 cm³/mol. The van der Waals surface area contributed by atoms with Crippen molar-refractivity contribution in [3.63, 3.8) is 0 Å². The zero-order chi connectivity index (χ0) is 26.9. The zero-order valence-corrected chi connectivity index (χ0v) is 24.8. The lowest BCUT2D eigenvalue weighted by atomic mass is 10.0. The van der Waals surface area contributed by atoms with Crippen molar-refractivity contribution in [2.45, 2.75) is 167 Å². The van der Waals surface area contributed by atoms with Gasteiger partial charge in [0.1, 0.15) is 0 Å². The maximum absolute atomic E-state index is 9.92. The number of aliphatic hydroxyl groups excluding tert-OH is 2. The highest BCUT2D eigenvalue weighted by Gasteiger charge is 1.95. The summed E-state index contributed by atoms with van der Waals surface area (Å²) in [5.74, 6) is 0. The second-order valence-electron chi connectivity index (χ2n) is 10.8. The van der Waals surface area contributed by atoms with E-state index in [0.29, 0.717) is 0 Å². The minimum atomic E-state index is -0.447. The lowest BCUT2D eigenvalue weighted by Gasteiger charge is -2.03. The Morgan fingerprint density at radius 1 is 0.432 bits per heavy atom. The van der Waals surface area contributed by atoms with Gasteiger partial charge in [0, 0.05) is 6.61 Å². The van der Waals surface area contributed by atoms with Crippen LogP contribution in [0.4, 0.5) is 0 Å². The first kappa shape index (κ1) is 35.9. The standard InChI is InChI=1S/C35H64O2/c1-2-3-4-5-6-7-8-9-10-11-12-13-14-15-16-17-18-19-20-21-22-23-24-26-29-32-35(37)33-30-27-25-28-31-34-36/h6-7,9-10,29-30,32-33,35-37H,2-5,8,11-28,31,34H2,1H3. The molecule has 0 saturated carbocycles. The highest BCUT2D eigenvalue weighted by Crippen LogP contribution is 2.14. The topological polar surface area (TPSA) is 40.5 Å². The van der Waals surface area contributed by atoms with E-state index in [-0.39, 0.29) is 6.61 Å². The quantitative estimate of drug-likeness (QED) is 0.0766. The molecular formula is C35H64O2. The molecule has 1 atom stereocenters. The van der Waals surface area contributed by atoms with Crippen molar-refractivity contribution in [2.24, 2.45) is 0 Å². The number of hydrogen-bond donors (Lipinski definition) is 2. The van der Waals surface area contributed by atoms with Gasteiger partial charge in [0.2, 0.25) is 0 Å². The summed E-state index contributed by atoms with van der Waals surface area (Å²) in [7, 11) is 0. The van der Waals surface area contributed by atoms with Crippen molar-refractivity contribution in [3.05, 3.63) is 48.6 Å². The molecule has 0 rings (SSSR count). The number of hydrogen-bond acceptors (Lipinski definition) is 2. The van der Waals surface area contributed by atoms with Crippen LogP contribution in [0.15, 0.2) is 48.6 Å². The Labute approximate surface area is 232 Å². The Morgan fingerprint density at radius 2 is 0.784 bits per heavy atom. The molecule has 0 amide bonds. The average Bonchev–Trinajstić information content (AvgIpc) is 2.90. The second kappa shape index (κ2) is 32.9. The second-order valence-corrected chi connectivity index (χ2v) is 10.8. The van der Waals surface area contributed by atoms with Gasteiger partial charge < -0.3 is 10.2 Å². The maximum atomic E-state index is 9.92. The van der Waals surface area contributed by atoms with Crippen molar-refractivity contribution in [1.82, 2.24) is 0 Å². The molecule has 0 aromatic heterocycles. The van der Waals surface area contributed by atoms with E-state index in [4.69, 9.17) is 5.11 Å². The van der Waals surface area contributed by atoms with Crippen LogP contribution >= 0.6 is 0 Å². The highest BCUT2D eigenvalue weighted by molar-refractivity contribution is 5.01. The number of aliphatic hydroxyl groups is 2. The van der Waals surface area contributed by atoms with Crippen molar-refractivity contribution in [2.75, 3.05) is 6.61 Å². The molecule has 0 saturated heterocycles. The van der Waals surface area contributed by atoms with Crippen LogP contribution < -0.4 is 0 Å². The van der Waals surface area contributed by atoms with E-state index in [9.17, 15) is 5.11 Å². The molecule has 0 radical (unpaired) electrons. The molecule has 2 N–H and O–H groups in total. The maximum Gasteiger partial charge on any atom is 0.0902 e. The molecule has 216 valence electrons. The Balaban J connectivity index is 3.26. The van der Waals surface area contributed by atoms with Crippen LogP contribution in [-0.2, 0) is 0 Å². The van der Waals surface area contributed by atoms with Crippen LogP contribution in [0, 0.1) is 0 Å². The summed E-state index contributed by atoms with van der Waals surface area (Å²) in [6.45, 7) is 2.55. The van der Waals surface area contributed by atoms with Crippen molar-refractivity contribution in [3.8, 4) is 0 Å². The molecule has 1 unspecified atom stereocenters. The largest absolute Gasteiger partial charge is 0.396 e. The first-order valence-electron chi connectivity index (χ1n) is 16.2. The van der Waals surface area contributed by atoms with Gasteiger partial charge in [-0.2, -0.15) is 0 Å². The fourth-order valence-electron chi connectivity index (χ4n) is 4.57. The number of rotatable bonds is 29. The molecule has 2 heteroatoms. The van der Waals surface area contributed by atoms with Crippen LogP contribution in [0.5, 0.6) is 0 Å². The van der Waals surface area contributed by atoms with E-state index in [2.05, 4.69) is 43.4 Å². The molecule has 0 aliphatic heterocycles. The first-order valence-corrected chi connectivity index (χ1v) is 16.2.